The van der Waals surface area contributed by atoms with Gasteiger partial charge in [0.1, 0.15) is 5.75 Å². The van der Waals surface area contributed by atoms with Crippen molar-refractivity contribution in [2.45, 2.75) is 45.2 Å². The number of nitrogens with one attached hydrogen (secondary N) is 4. The van der Waals surface area contributed by atoms with Crippen LogP contribution in [0.3, 0.4) is 0 Å². The second-order valence-electron chi connectivity index (χ2n) is 8.43. The summed E-state index contributed by atoms with van der Waals surface area (Å²) in [6.07, 6.45) is 4.88. The number of carbonyl (C=O) groups excluding carboxylic acids is 2. The summed E-state index contributed by atoms with van der Waals surface area (Å²) in [6.45, 7) is 4.57. The van der Waals surface area contributed by atoms with E-state index in [1.165, 1.54) is 16.5 Å². The number of aromatic amines is 1. The molecule has 0 aliphatic heterocycles. The number of benzene rings is 2. The van der Waals surface area contributed by atoms with E-state index in [4.69, 9.17) is 4.74 Å². The maximum absolute atomic E-state index is 12.3. The molecule has 2 aromatic carbocycles. The highest BCUT2D eigenvalue weighted by atomic mass is 16.5. The van der Waals surface area contributed by atoms with Crippen LogP contribution in [0.1, 0.15) is 42.5 Å². The molecule has 1 aliphatic rings. The summed E-state index contributed by atoms with van der Waals surface area (Å²) < 4.78 is 5.52. The number of ether oxygens (including phenoxy) is 1. The average molecular weight is 435 g/mol. The molecule has 1 aromatic heterocycles. The van der Waals surface area contributed by atoms with Gasteiger partial charge in [-0.25, -0.2) is 4.79 Å². The van der Waals surface area contributed by atoms with E-state index >= 15 is 0 Å². The number of fused-ring (bicyclic) bond motifs is 1. The summed E-state index contributed by atoms with van der Waals surface area (Å²) in [6, 6.07) is 13.7. The van der Waals surface area contributed by atoms with Crippen LogP contribution in [0.15, 0.2) is 48.7 Å². The normalized spacial score (nSPS) is 14.1. The number of carbonyl (C=O) groups is 2. The number of aromatic nitrogens is 1. The fourth-order valence-electron chi connectivity index (χ4n) is 3.65. The second kappa shape index (κ2) is 9.77. The Balaban J connectivity index is 1.20. The van der Waals surface area contributed by atoms with Gasteiger partial charge in [0.25, 0.3) is 5.91 Å². The highest BCUT2D eigenvalue weighted by Crippen LogP contribution is 2.21. The van der Waals surface area contributed by atoms with Crippen LogP contribution in [0.25, 0.3) is 10.9 Å². The van der Waals surface area contributed by atoms with Gasteiger partial charge in [0.2, 0.25) is 0 Å². The number of urea groups is 1. The van der Waals surface area contributed by atoms with Gasteiger partial charge in [0.15, 0.2) is 6.61 Å². The number of amides is 3. The zero-order chi connectivity index (χ0) is 22.5. The number of aryl methyl sites for hydroxylation is 1. The van der Waals surface area contributed by atoms with Crippen LogP contribution < -0.4 is 20.7 Å². The highest BCUT2D eigenvalue weighted by molar-refractivity contribution is 5.84. The third-order valence-electron chi connectivity index (χ3n) is 5.64. The van der Waals surface area contributed by atoms with Crippen molar-refractivity contribution in [1.29, 1.82) is 0 Å². The van der Waals surface area contributed by atoms with E-state index in [9.17, 15) is 9.59 Å². The van der Waals surface area contributed by atoms with Gasteiger partial charge in [0, 0.05) is 29.7 Å². The minimum absolute atomic E-state index is 0.0160. The van der Waals surface area contributed by atoms with Crippen molar-refractivity contribution in [3.8, 4) is 5.75 Å². The highest BCUT2D eigenvalue weighted by Gasteiger charge is 2.23. The Bertz CT molecular complexity index is 1090. The van der Waals surface area contributed by atoms with Crippen LogP contribution >= 0.6 is 0 Å². The molecule has 7 heteroatoms. The van der Waals surface area contributed by atoms with E-state index in [2.05, 4.69) is 46.1 Å². The molecule has 32 heavy (non-hydrogen) atoms. The first-order valence-corrected chi connectivity index (χ1v) is 11.1. The molecule has 1 fully saturated rings. The second-order valence-corrected chi connectivity index (χ2v) is 8.43. The van der Waals surface area contributed by atoms with Crippen LogP contribution in [0.5, 0.6) is 5.75 Å². The number of rotatable bonds is 9. The molecule has 1 heterocycles. The Kier molecular flexibility index (Phi) is 6.63. The monoisotopic (exact) mass is 434 g/mol. The quantitative estimate of drug-likeness (QED) is 0.413. The molecule has 168 valence electrons. The van der Waals surface area contributed by atoms with E-state index in [0.717, 1.165) is 30.3 Å². The van der Waals surface area contributed by atoms with Gasteiger partial charge in [-0.05, 0) is 68.0 Å². The van der Waals surface area contributed by atoms with Crippen molar-refractivity contribution in [3.63, 3.8) is 0 Å². The van der Waals surface area contributed by atoms with Crippen LogP contribution in [0.4, 0.5) is 4.79 Å². The van der Waals surface area contributed by atoms with Crippen LogP contribution in [-0.4, -0.2) is 36.1 Å². The Hall–Kier alpha value is -3.48. The first-order valence-electron chi connectivity index (χ1n) is 11.1. The molecular formula is C25H30N4O3. The molecule has 1 unspecified atom stereocenters. The summed E-state index contributed by atoms with van der Waals surface area (Å²) in [4.78, 5) is 27.3. The Morgan fingerprint density at radius 1 is 1.16 bits per heavy atom. The van der Waals surface area contributed by atoms with Crippen molar-refractivity contribution in [2.24, 2.45) is 0 Å². The molecule has 4 N–H and O–H groups in total. The largest absolute Gasteiger partial charge is 0.484 e. The van der Waals surface area contributed by atoms with Gasteiger partial charge in [-0.2, -0.15) is 0 Å². The van der Waals surface area contributed by atoms with Gasteiger partial charge < -0.3 is 25.7 Å². The first kappa shape index (κ1) is 21.7. The van der Waals surface area contributed by atoms with Gasteiger partial charge in [-0.15, -0.1) is 0 Å². The molecule has 1 aliphatic carbocycles. The fourth-order valence-corrected chi connectivity index (χ4v) is 3.65. The molecule has 0 bridgehead atoms. The predicted octanol–water partition coefficient (Wildman–Crippen LogP) is 3.74. The molecule has 7 nitrogen and oxygen atoms in total. The Morgan fingerprint density at radius 2 is 1.94 bits per heavy atom. The molecule has 3 amide bonds. The first-order chi connectivity index (χ1) is 15.5. The molecule has 0 saturated heterocycles. The summed E-state index contributed by atoms with van der Waals surface area (Å²) in [5.41, 5.74) is 4.49. The zero-order valence-corrected chi connectivity index (χ0v) is 18.5. The topological polar surface area (TPSA) is 95.2 Å². The Labute approximate surface area is 187 Å². The maximum Gasteiger partial charge on any atom is 0.315 e. The van der Waals surface area contributed by atoms with E-state index in [1.54, 1.807) is 0 Å². The van der Waals surface area contributed by atoms with Crippen molar-refractivity contribution in [2.75, 3.05) is 13.2 Å². The van der Waals surface area contributed by atoms with Crippen molar-refractivity contribution in [3.05, 3.63) is 65.4 Å². The lowest BCUT2D eigenvalue weighted by Crippen LogP contribution is -2.38. The summed E-state index contributed by atoms with van der Waals surface area (Å²) >= 11 is 0. The van der Waals surface area contributed by atoms with Gasteiger partial charge in [-0.1, -0.05) is 24.3 Å². The molecule has 1 saturated carbocycles. The van der Waals surface area contributed by atoms with Gasteiger partial charge in [0.05, 0.1) is 6.04 Å². The van der Waals surface area contributed by atoms with Crippen LogP contribution in [-0.2, 0) is 11.2 Å². The van der Waals surface area contributed by atoms with Gasteiger partial charge in [-0.3, -0.25) is 4.79 Å². The molecule has 0 radical (unpaired) electrons. The zero-order valence-electron chi connectivity index (χ0n) is 18.5. The maximum atomic E-state index is 12.3. The smallest absolute Gasteiger partial charge is 0.315 e. The standard InChI is InChI=1S/C25H30N4O3/c1-16-3-10-22-19(14-27-23(22)13-16)11-12-26-25(31)28-17(2)18-4-8-21(9-5-18)32-15-24(30)29-20-6-7-20/h3-5,8-10,13-14,17,20,27H,6-7,11-12,15H2,1-2H3,(H,29,30)(H2,26,28,31). The van der Waals surface area contributed by atoms with E-state index in [0.29, 0.717) is 18.3 Å². The van der Waals surface area contributed by atoms with Crippen LogP contribution in [0, 0.1) is 6.92 Å². The fraction of sp³-hybridized carbons (Fsp3) is 0.360. The molecule has 3 aromatic rings. The SMILES string of the molecule is Cc1ccc2c(CCNC(=O)NC(C)c3ccc(OCC(=O)NC4CC4)cc3)c[nH]c2c1. The third-order valence-corrected chi connectivity index (χ3v) is 5.64. The molecule has 1 atom stereocenters. The Morgan fingerprint density at radius 3 is 2.69 bits per heavy atom. The lowest BCUT2D eigenvalue weighted by atomic mass is 10.1. The molecule has 0 spiro atoms. The van der Waals surface area contributed by atoms with E-state index in [1.807, 2.05) is 37.4 Å². The molecular weight excluding hydrogens is 404 g/mol. The lowest BCUT2D eigenvalue weighted by molar-refractivity contribution is -0.123. The van der Waals surface area contributed by atoms with E-state index in [-0.39, 0.29) is 24.6 Å². The van der Waals surface area contributed by atoms with Crippen molar-refractivity contribution < 1.29 is 14.3 Å². The average Bonchev–Trinajstić information content (AvgIpc) is 3.50. The number of hydrogen-bond acceptors (Lipinski definition) is 3. The minimum Gasteiger partial charge on any atom is -0.484 e. The van der Waals surface area contributed by atoms with Crippen molar-refractivity contribution >= 4 is 22.8 Å². The minimum atomic E-state index is -0.203. The number of hydrogen-bond donors (Lipinski definition) is 4. The summed E-state index contributed by atoms with van der Waals surface area (Å²) in [5, 5.41) is 9.97. The predicted molar refractivity (Wildman–Crippen MR) is 125 cm³/mol. The van der Waals surface area contributed by atoms with E-state index < -0.39 is 0 Å². The van der Waals surface area contributed by atoms with Crippen LogP contribution in [0.2, 0.25) is 0 Å². The van der Waals surface area contributed by atoms with Crippen molar-refractivity contribution in [1.82, 2.24) is 20.9 Å². The molecule has 4 rings (SSSR count). The summed E-state index contributed by atoms with van der Waals surface area (Å²) in [5.74, 6) is 0.538. The summed E-state index contributed by atoms with van der Waals surface area (Å²) in [7, 11) is 0. The van der Waals surface area contributed by atoms with Gasteiger partial charge >= 0.3 is 6.03 Å². The number of H-pyrrole nitrogens is 1. The third kappa shape index (κ3) is 5.81. The lowest BCUT2D eigenvalue weighted by Gasteiger charge is -2.16.